The molecule has 0 radical (unpaired) electrons. The highest BCUT2D eigenvalue weighted by molar-refractivity contribution is 7.44. The number of hydrogen-bond donors (Lipinski definition) is 1. The Morgan fingerprint density at radius 3 is 2.24 bits per heavy atom. The van der Waals surface area contributed by atoms with Crippen LogP contribution in [0, 0.1) is 11.3 Å². The van der Waals surface area contributed by atoms with Crippen molar-refractivity contribution in [2.45, 2.75) is 96.2 Å². The van der Waals surface area contributed by atoms with E-state index in [2.05, 4.69) is 40.0 Å². The number of rotatable bonds is 12. The zero-order valence-corrected chi connectivity index (χ0v) is 30.0. The van der Waals surface area contributed by atoms with Crippen LogP contribution in [-0.4, -0.2) is 81.1 Å². The van der Waals surface area contributed by atoms with Crippen LogP contribution in [0.15, 0.2) is 70.4 Å². The molecule has 2 fully saturated rings. The zero-order chi connectivity index (χ0) is 35.7. The molecule has 13 nitrogen and oxygen atoms in total. The van der Waals surface area contributed by atoms with Crippen LogP contribution < -0.4 is 11.2 Å². The van der Waals surface area contributed by atoms with Gasteiger partial charge >= 0.3 is 11.8 Å². The summed E-state index contributed by atoms with van der Waals surface area (Å²) >= 11 is 0. The fraction of sp³-hybridized carbons (Fsp3) is 0.500. The van der Waals surface area contributed by atoms with Gasteiger partial charge in [-0.25, -0.2) is 14.3 Å². The SMILES string of the molecule is CC(C)N(C(C)C)P(OCCC#N)OC[C@H]1O[C@@H](n2ccc(=O)[nH]c2=O)[C@H]2[C@@H]1OC(C)(C)N2C(=O)OCC1c2ccccc2-c2ccccc21. The van der Waals surface area contributed by atoms with Crippen molar-refractivity contribution < 1.29 is 28.1 Å². The molecular formula is C36H44N5O8P. The molecule has 6 rings (SSSR count). The molecule has 14 heteroatoms. The fourth-order valence-electron chi connectivity index (χ4n) is 7.34. The Bertz CT molecular complexity index is 1800. The molecule has 3 aromatic rings. The van der Waals surface area contributed by atoms with E-state index in [9.17, 15) is 14.4 Å². The van der Waals surface area contributed by atoms with Crippen molar-refractivity contribution in [1.29, 1.82) is 5.26 Å². The van der Waals surface area contributed by atoms with Gasteiger partial charge in [0.05, 0.1) is 25.7 Å². The highest BCUT2D eigenvalue weighted by Gasteiger charge is 2.62. The van der Waals surface area contributed by atoms with Crippen molar-refractivity contribution in [1.82, 2.24) is 19.1 Å². The van der Waals surface area contributed by atoms with Crippen molar-refractivity contribution in [2.75, 3.05) is 19.8 Å². The van der Waals surface area contributed by atoms with Crippen LogP contribution in [0.1, 0.15) is 71.2 Å². The number of H-pyrrole nitrogens is 1. The van der Waals surface area contributed by atoms with Crippen molar-refractivity contribution in [2.24, 2.45) is 0 Å². The lowest BCUT2D eigenvalue weighted by Gasteiger charge is -2.36. The van der Waals surface area contributed by atoms with E-state index in [-0.39, 0.29) is 44.2 Å². The first-order valence-corrected chi connectivity index (χ1v) is 18.1. The Labute approximate surface area is 292 Å². The summed E-state index contributed by atoms with van der Waals surface area (Å²) in [5.74, 6) is -0.155. The van der Waals surface area contributed by atoms with Crippen LogP contribution in [0.3, 0.4) is 0 Å². The van der Waals surface area contributed by atoms with Crippen molar-refractivity contribution in [3.8, 4) is 17.2 Å². The van der Waals surface area contributed by atoms with Gasteiger partial charge in [0.2, 0.25) is 0 Å². The summed E-state index contributed by atoms with van der Waals surface area (Å²) in [4.78, 5) is 43.1. The number of amides is 1. The number of carbonyl (C=O) groups excluding carboxylic acids is 1. The lowest BCUT2D eigenvalue weighted by Crippen LogP contribution is -2.52. The number of fused-ring (bicyclic) bond motifs is 4. The number of nitrogens with zero attached hydrogens (tertiary/aromatic N) is 4. The predicted molar refractivity (Wildman–Crippen MR) is 186 cm³/mol. The summed E-state index contributed by atoms with van der Waals surface area (Å²) in [6.45, 7) is 12.0. The average Bonchev–Trinajstić information content (AvgIpc) is 3.67. The lowest BCUT2D eigenvalue weighted by molar-refractivity contribution is -0.138. The normalized spacial score (nSPS) is 22.8. The first-order valence-electron chi connectivity index (χ1n) is 16.9. The highest BCUT2D eigenvalue weighted by Crippen LogP contribution is 2.50. The Kier molecular flexibility index (Phi) is 10.6. The lowest BCUT2D eigenvalue weighted by atomic mass is 9.98. The summed E-state index contributed by atoms with van der Waals surface area (Å²) in [6, 6.07) is 18.9. The number of hydrogen-bond acceptors (Lipinski definition) is 10. The van der Waals surface area contributed by atoms with Gasteiger partial charge in [0.15, 0.2) is 6.23 Å². The van der Waals surface area contributed by atoms with Crippen LogP contribution in [0.4, 0.5) is 4.79 Å². The third-order valence-corrected chi connectivity index (χ3v) is 11.4. The van der Waals surface area contributed by atoms with E-state index in [4.69, 9.17) is 28.5 Å². The van der Waals surface area contributed by atoms with Crippen LogP contribution in [0.25, 0.3) is 11.1 Å². The smallest absolute Gasteiger partial charge is 0.412 e. The van der Waals surface area contributed by atoms with Gasteiger partial charge in [-0.1, -0.05) is 48.5 Å². The molecule has 3 aliphatic rings. The highest BCUT2D eigenvalue weighted by atomic mass is 31.2. The van der Waals surface area contributed by atoms with Crippen molar-refractivity contribution in [3.63, 3.8) is 0 Å². The second-order valence-corrected chi connectivity index (χ2v) is 15.1. The first kappa shape index (κ1) is 35.9. The van der Waals surface area contributed by atoms with Crippen LogP contribution in [-0.2, 0) is 23.3 Å². The van der Waals surface area contributed by atoms with Crippen LogP contribution in [0.2, 0.25) is 0 Å². The van der Waals surface area contributed by atoms with Gasteiger partial charge in [-0.3, -0.25) is 19.2 Å². The van der Waals surface area contributed by atoms with E-state index in [0.29, 0.717) is 0 Å². The van der Waals surface area contributed by atoms with E-state index in [1.165, 1.54) is 21.7 Å². The van der Waals surface area contributed by atoms with Gasteiger partial charge in [-0.15, -0.1) is 0 Å². The van der Waals surface area contributed by atoms with Gasteiger partial charge in [0.1, 0.15) is 30.6 Å². The number of ether oxygens (including phenoxy) is 3. The van der Waals surface area contributed by atoms with Crippen LogP contribution >= 0.6 is 8.53 Å². The van der Waals surface area contributed by atoms with Gasteiger partial charge in [0.25, 0.3) is 14.1 Å². The minimum atomic E-state index is -1.60. The molecule has 1 unspecified atom stereocenters. The summed E-state index contributed by atoms with van der Waals surface area (Å²) in [5, 5.41) is 9.12. The number of aromatic amines is 1. The molecule has 0 bridgehead atoms. The van der Waals surface area contributed by atoms with Crippen molar-refractivity contribution in [3.05, 3.63) is 92.8 Å². The van der Waals surface area contributed by atoms with E-state index >= 15 is 0 Å². The van der Waals surface area contributed by atoms with Crippen LogP contribution in [0.5, 0.6) is 0 Å². The third kappa shape index (κ3) is 6.89. The molecule has 2 saturated heterocycles. The minimum Gasteiger partial charge on any atom is -0.448 e. The molecule has 0 spiro atoms. The maximum absolute atomic E-state index is 14.2. The molecule has 1 amide bonds. The molecule has 3 heterocycles. The van der Waals surface area contributed by atoms with Gasteiger partial charge < -0.3 is 23.3 Å². The predicted octanol–water partition coefficient (Wildman–Crippen LogP) is 5.48. The maximum atomic E-state index is 14.2. The average molecular weight is 706 g/mol. The third-order valence-electron chi connectivity index (χ3n) is 9.28. The number of benzene rings is 2. The second-order valence-electron chi connectivity index (χ2n) is 13.6. The number of carbonyl (C=O) groups is 1. The van der Waals surface area contributed by atoms with E-state index < -0.39 is 56.1 Å². The van der Waals surface area contributed by atoms with Gasteiger partial charge in [-0.2, -0.15) is 5.26 Å². The molecule has 1 aromatic heterocycles. The minimum absolute atomic E-state index is 0.0125. The molecule has 50 heavy (non-hydrogen) atoms. The number of nitriles is 1. The molecular weight excluding hydrogens is 661 g/mol. The quantitative estimate of drug-likeness (QED) is 0.190. The summed E-state index contributed by atoms with van der Waals surface area (Å²) < 4.78 is 35.0. The molecule has 2 aliphatic heterocycles. The summed E-state index contributed by atoms with van der Waals surface area (Å²) in [5.41, 5.74) is 2.00. The molecule has 266 valence electrons. The van der Waals surface area contributed by atoms with E-state index in [1.807, 2.05) is 52.0 Å². The molecule has 1 N–H and O–H groups in total. The summed E-state index contributed by atoms with van der Waals surface area (Å²) in [7, 11) is -1.60. The molecule has 2 aromatic carbocycles. The maximum Gasteiger partial charge on any atom is 0.412 e. The largest absolute Gasteiger partial charge is 0.448 e. The van der Waals surface area contributed by atoms with E-state index in [0.717, 1.165) is 22.3 Å². The molecule has 0 saturated carbocycles. The Hall–Kier alpha value is -3.89. The Morgan fingerprint density at radius 1 is 1.00 bits per heavy atom. The van der Waals surface area contributed by atoms with E-state index in [1.54, 1.807) is 13.8 Å². The standard InChI is InChI=1S/C36H44N5O8P/c1-22(2)41(23(3)4)50(46-19-11-17-37)47-21-29-32-31(33(48-29)39-18-16-30(42)38-34(39)43)40(36(5,6)49-32)35(44)45-20-28-26-14-9-7-12-24(26)25-13-8-10-15-27(25)28/h7-10,12-16,18,22-23,28-29,31-33H,11,19-21H2,1-6H3,(H,38,42,43)/t29-,31-,32-,33-,50?/m1/s1. The molecule has 1 aliphatic carbocycles. The zero-order valence-electron chi connectivity index (χ0n) is 29.1. The second kappa shape index (κ2) is 14.8. The number of nitrogens with one attached hydrogen (secondary N) is 1. The number of aromatic nitrogens is 2. The molecule has 5 atom stereocenters. The van der Waals surface area contributed by atoms with Gasteiger partial charge in [-0.05, 0) is 63.8 Å². The topological polar surface area (TPSA) is 148 Å². The Balaban J connectivity index is 1.28. The van der Waals surface area contributed by atoms with Crippen molar-refractivity contribution >= 4 is 14.6 Å². The fourth-order valence-corrected chi connectivity index (χ4v) is 8.95. The van der Waals surface area contributed by atoms with Gasteiger partial charge in [0, 0.05) is 30.3 Å². The monoisotopic (exact) mass is 705 g/mol. The summed E-state index contributed by atoms with van der Waals surface area (Å²) in [6.07, 6.45) is -1.55. The first-order chi connectivity index (χ1) is 23.9. The Morgan fingerprint density at radius 2 is 1.64 bits per heavy atom.